The maximum atomic E-state index is 5.86. The maximum Gasteiger partial charge on any atom is 0.124 e. The number of methoxy groups -OCH3 is 1. The minimum atomic E-state index is 0.468. The van der Waals surface area contributed by atoms with Gasteiger partial charge in [0.2, 0.25) is 0 Å². The second-order valence-electron chi connectivity index (χ2n) is 3.49. The smallest absolute Gasteiger partial charge is 0.124 e. The van der Waals surface area contributed by atoms with Crippen LogP contribution in [0.25, 0.3) is 0 Å². The highest BCUT2D eigenvalue weighted by atomic mass is 35.5. The van der Waals surface area contributed by atoms with Crippen LogP contribution >= 0.6 is 11.6 Å². The van der Waals surface area contributed by atoms with E-state index < -0.39 is 0 Å². The van der Waals surface area contributed by atoms with E-state index in [9.17, 15) is 0 Å². The Morgan fingerprint density at radius 1 is 1.43 bits per heavy atom. The SMILES string of the molecule is COc1cc(Cl)ccc1CNC(C)C. The van der Waals surface area contributed by atoms with Gasteiger partial charge in [0.1, 0.15) is 5.75 Å². The van der Waals surface area contributed by atoms with Gasteiger partial charge >= 0.3 is 0 Å². The van der Waals surface area contributed by atoms with Gasteiger partial charge in [0, 0.05) is 23.2 Å². The molecule has 0 bridgehead atoms. The first-order valence-corrected chi connectivity index (χ1v) is 5.07. The first-order valence-electron chi connectivity index (χ1n) is 4.69. The van der Waals surface area contributed by atoms with Crippen molar-refractivity contribution in [2.45, 2.75) is 26.4 Å². The van der Waals surface area contributed by atoms with E-state index in [4.69, 9.17) is 16.3 Å². The molecule has 0 aliphatic heterocycles. The van der Waals surface area contributed by atoms with Crippen LogP contribution in [0.3, 0.4) is 0 Å². The zero-order valence-electron chi connectivity index (χ0n) is 8.80. The maximum absolute atomic E-state index is 5.86. The van der Waals surface area contributed by atoms with Gasteiger partial charge in [0.05, 0.1) is 7.11 Å². The summed E-state index contributed by atoms with van der Waals surface area (Å²) < 4.78 is 5.23. The zero-order valence-corrected chi connectivity index (χ0v) is 9.56. The largest absolute Gasteiger partial charge is 0.496 e. The van der Waals surface area contributed by atoms with E-state index in [1.807, 2.05) is 18.2 Å². The van der Waals surface area contributed by atoms with Crippen LogP contribution in [0.5, 0.6) is 5.75 Å². The Labute approximate surface area is 90.2 Å². The number of ether oxygens (including phenoxy) is 1. The summed E-state index contributed by atoms with van der Waals surface area (Å²) >= 11 is 5.86. The Balaban J connectivity index is 2.75. The minimum absolute atomic E-state index is 0.468. The van der Waals surface area contributed by atoms with E-state index in [-0.39, 0.29) is 0 Å². The van der Waals surface area contributed by atoms with Crippen LogP contribution in [0.15, 0.2) is 18.2 Å². The van der Waals surface area contributed by atoms with Crippen LogP contribution in [0.1, 0.15) is 19.4 Å². The molecule has 0 unspecified atom stereocenters. The topological polar surface area (TPSA) is 21.3 Å². The second kappa shape index (κ2) is 5.23. The highest BCUT2D eigenvalue weighted by Crippen LogP contribution is 2.22. The Morgan fingerprint density at radius 3 is 2.71 bits per heavy atom. The van der Waals surface area contributed by atoms with Crippen molar-refractivity contribution in [3.8, 4) is 5.75 Å². The van der Waals surface area contributed by atoms with Crippen molar-refractivity contribution in [2.75, 3.05) is 7.11 Å². The molecule has 0 spiro atoms. The molecule has 3 heteroatoms. The molecule has 1 rings (SSSR count). The van der Waals surface area contributed by atoms with E-state index in [0.717, 1.165) is 17.9 Å². The molecule has 0 radical (unpaired) electrons. The molecule has 1 aromatic carbocycles. The third-order valence-electron chi connectivity index (χ3n) is 1.95. The summed E-state index contributed by atoms with van der Waals surface area (Å²) in [5, 5.41) is 4.04. The third-order valence-corrected chi connectivity index (χ3v) is 2.18. The van der Waals surface area contributed by atoms with Crippen molar-refractivity contribution < 1.29 is 4.74 Å². The molecule has 1 N–H and O–H groups in total. The molecule has 14 heavy (non-hydrogen) atoms. The Hall–Kier alpha value is -0.730. The molecule has 0 aromatic heterocycles. The fraction of sp³-hybridized carbons (Fsp3) is 0.455. The van der Waals surface area contributed by atoms with E-state index >= 15 is 0 Å². The van der Waals surface area contributed by atoms with Gasteiger partial charge in [-0.2, -0.15) is 0 Å². The van der Waals surface area contributed by atoms with Crippen LogP contribution in [-0.4, -0.2) is 13.2 Å². The summed E-state index contributed by atoms with van der Waals surface area (Å²) in [4.78, 5) is 0. The van der Waals surface area contributed by atoms with E-state index in [0.29, 0.717) is 11.1 Å². The third kappa shape index (κ3) is 3.20. The van der Waals surface area contributed by atoms with Gasteiger partial charge < -0.3 is 10.1 Å². The molecule has 0 amide bonds. The van der Waals surface area contributed by atoms with E-state index in [1.165, 1.54) is 0 Å². The predicted octanol–water partition coefficient (Wildman–Crippen LogP) is 2.85. The molecule has 2 nitrogen and oxygen atoms in total. The Kier molecular flexibility index (Phi) is 4.23. The molecular weight excluding hydrogens is 198 g/mol. The number of benzene rings is 1. The number of rotatable bonds is 4. The number of hydrogen-bond acceptors (Lipinski definition) is 2. The fourth-order valence-corrected chi connectivity index (χ4v) is 1.34. The molecule has 0 aliphatic rings. The van der Waals surface area contributed by atoms with Crippen LogP contribution in [0, 0.1) is 0 Å². The minimum Gasteiger partial charge on any atom is -0.496 e. The van der Waals surface area contributed by atoms with Crippen molar-refractivity contribution in [3.05, 3.63) is 28.8 Å². The van der Waals surface area contributed by atoms with Gasteiger partial charge in [-0.3, -0.25) is 0 Å². The number of hydrogen-bond donors (Lipinski definition) is 1. The van der Waals surface area contributed by atoms with Gasteiger partial charge in [-0.15, -0.1) is 0 Å². The highest BCUT2D eigenvalue weighted by Gasteiger charge is 2.03. The lowest BCUT2D eigenvalue weighted by atomic mass is 10.2. The van der Waals surface area contributed by atoms with E-state index in [1.54, 1.807) is 7.11 Å². The molecule has 0 heterocycles. The molecule has 78 valence electrons. The summed E-state index contributed by atoms with van der Waals surface area (Å²) in [6.07, 6.45) is 0. The summed E-state index contributed by atoms with van der Waals surface area (Å²) in [5.41, 5.74) is 1.13. The van der Waals surface area contributed by atoms with Crippen molar-refractivity contribution in [2.24, 2.45) is 0 Å². The fourth-order valence-electron chi connectivity index (χ4n) is 1.18. The standard InChI is InChI=1S/C11H16ClNO/c1-8(2)13-7-9-4-5-10(12)6-11(9)14-3/h4-6,8,13H,7H2,1-3H3. The molecular formula is C11H16ClNO. The number of halogens is 1. The van der Waals surface area contributed by atoms with Gasteiger partial charge in [0.15, 0.2) is 0 Å². The summed E-state index contributed by atoms with van der Waals surface area (Å²) in [5.74, 6) is 0.839. The number of nitrogens with one attached hydrogen (secondary N) is 1. The molecule has 0 aliphatic carbocycles. The quantitative estimate of drug-likeness (QED) is 0.831. The lowest BCUT2D eigenvalue weighted by Gasteiger charge is -2.11. The van der Waals surface area contributed by atoms with Crippen LogP contribution in [-0.2, 0) is 6.54 Å². The van der Waals surface area contributed by atoms with Gasteiger partial charge in [-0.25, -0.2) is 0 Å². The molecule has 0 saturated carbocycles. The first kappa shape index (κ1) is 11.3. The Morgan fingerprint density at radius 2 is 2.14 bits per heavy atom. The van der Waals surface area contributed by atoms with Crippen LogP contribution in [0.2, 0.25) is 5.02 Å². The van der Waals surface area contributed by atoms with Crippen molar-refractivity contribution >= 4 is 11.6 Å². The second-order valence-corrected chi connectivity index (χ2v) is 3.93. The summed E-state index contributed by atoms with van der Waals surface area (Å²) in [7, 11) is 1.66. The zero-order chi connectivity index (χ0) is 10.6. The van der Waals surface area contributed by atoms with Gasteiger partial charge in [-0.05, 0) is 12.1 Å². The Bertz CT molecular complexity index is 299. The summed E-state index contributed by atoms with van der Waals surface area (Å²) in [6, 6.07) is 6.16. The molecule has 0 fully saturated rings. The lowest BCUT2D eigenvalue weighted by Crippen LogP contribution is -2.22. The first-order chi connectivity index (χ1) is 6.63. The highest BCUT2D eigenvalue weighted by molar-refractivity contribution is 6.30. The monoisotopic (exact) mass is 213 g/mol. The van der Waals surface area contributed by atoms with Crippen molar-refractivity contribution in [3.63, 3.8) is 0 Å². The van der Waals surface area contributed by atoms with Gasteiger partial charge in [0.25, 0.3) is 0 Å². The van der Waals surface area contributed by atoms with Crippen LogP contribution < -0.4 is 10.1 Å². The molecule has 0 saturated heterocycles. The average Bonchev–Trinajstić information content (AvgIpc) is 2.15. The molecule has 1 aromatic rings. The van der Waals surface area contributed by atoms with E-state index in [2.05, 4.69) is 19.2 Å². The lowest BCUT2D eigenvalue weighted by molar-refractivity contribution is 0.406. The van der Waals surface area contributed by atoms with Gasteiger partial charge in [-0.1, -0.05) is 31.5 Å². The summed E-state index contributed by atoms with van der Waals surface area (Å²) in [6.45, 7) is 5.03. The normalized spacial score (nSPS) is 10.6. The van der Waals surface area contributed by atoms with Crippen molar-refractivity contribution in [1.82, 2.24) is 5.32 Å². The predicted molar refractivity (Wildman–Crippen MR) is 60.0 cm³/mol. The molecule has 0 atom stereocenters. The van der Waals surface area contributed by atoms with Crippen molar-refractivity contribution in [1.29, 1.82) is 0 Å². The van der Waals surface area contributed by atoms with Crippen LogP contribution in [0.4, 0.5) is 0 Å². The average molecular weight is 214 g/mol.